The average molecular weight is 216 g/mol. The number of allylic oxidation sites excluding steroid dienone is 1. The Kier molecular flexibility index (Phi) is 2.45. The largest absolute Gasteiger partial charge is 0.454 e. The van der Waals surface area contributed by atoms with Crippen molar-refractivity contribution in [1.82, 2.24) is 0 Å². The second-order valence-electron chi connectivity index (χ2n) is 3.01. The summed E-state index contributed by atoms with van der Waals surface area (Å²) >= 11 is 0. The number of halogens is 1. The molecular formula is C11H5FN2O2. The van der Waals surface area contributed by atoms with Crippen LogP contribution < -0.4 is 9.47 Å². The van der Waals surface area contributed by atoms with Gasteiger partial charge in [-0.15, -0.1) is 0 Å². The van der Waals surface area contributed by atoms with Crippen molar-refractivity contribution in [3.05, 3.63) is 29.1 Å². The van der Waals surface area contributed by atoms with E-state index in [4.69, 9.17) is 20.0 Å². The zero-order valence-electron chi connectivity index (χ0n) is 8.03. The summed E-state index contributed by atoms with van der Waals surface area (Å²) in [6.45, 7) is 0.0469. The molecule has 0 fully saturated rings. The topological polar surface area (TPSA) is 66.0 Å². The zero-order chi connectivity index (χ0) is 11.5. The van der Waals surface area contributed by atoms with E-state index in [0.29, 0.717) is 11.5 Å². The minimum atomic E-state index is -0.563. The Labute approximate surface area is 90.7 Å². The molecule has 2 rings (SSSR count). The molecule has 1 aliphatic rings. The van der Waals surface area contributed by atoms with Crippen molar-refractivity contribution in [2.45, 2.75) is 0 Å². The predicted molar refractivity (Wildman–Crippen MR) is 51.7 cm³/mol. The monoisotopic (exact) mass is 216 g/mol. The van der Waals surface area contributed by atoms with E-state index >= 15 is 0 Å². The molecule has 1 aromatic carbocycles. The molecule has 0 amide bonds. The Bertz CT molecular complexity index is 536. The van der Waals surface area contributed by atoms with Gasteiger partial charge in [0, 0.05) is 11.6 Å². The van der Waals surface area contributed by atoms with Gasteiger partial charge in [0.1, 0.15) is 23.5 Å². The SMILES string of the molecule is N#CC(C#N)=Cc1cc2c(cc1F)OCO2. The van der Waals surface area contributed by atoms with Gasteiger partial charge >= 0.3 is 0 Å². The number of hydrogen-bond donors (Lipinski definition) is 0. The first-order valence-corrected chi connectivity index (χ1v) is 4.35. The minimum Gasteiger partial charge on any atom is -0.454 e. The van der Waals surface area contributed by atoms with Crippen LogP contribution in [-0.2, 0) is 0 Å². The summed E-state index contributed by atoms with van der Waals surface area (Å²) in [7, 11) is 0. The van der Waals surface area contributed by atoms with Gasteiger partial charge in [-0.25, -0.2) is 4.39 Å². The lowest BCUT2D eigenvalue weighted by Crippen LogP contribution is -1.92. The van der Waals surface area contributed by atoms with E-state index in [-0.39, 0.29) is 17.9 Å². The van der Waals surface area contributed by atoms with Gasteiger partial charge in [0.25, 0.3) is 0 Å². The third-order valence-corrected chi connectivity index (χ3v) is 2.03. The van der Waals surface area contributed by atoms with Crippen molar-refractivity contribution in [3.8, 4) is 23.6 Å². The van der Waals surface area contributed by atoms with E-state index in [0.717, 1.165) is 6.08 Å². The summed E-state index contributed by atoms with van der Waals surface area (Å²) in [5.41, 5.74) is -0.0416. The van der Waals surface area contributed by atoms with E-state index in [1.54, 1.807) is 12.1 Å². The molecule has 0 N–H and O–H groups in total. The van der Waals surface area contributed by atoms with Crippen LogP contribution in [0.15, 0.2) is 17.7 Å². The molecule has 16 heavy (non-hydrogen) atoms. The number of fused-ring (bicyclic) bond motifs is 1. The Hall–Kier alpha value is -2.53. The number of nitriles is 2. The van der Waals surface area contributed by atoms with Crippen LogP contribution in [0.4, 0.5) is 4.39 Å². The predicted octanol–water partition coefficient (Wildman–Crippen LogP) is 1.98. The van der Waals surface area contributed by atoms with Crippen molar-refractivity contribution < 1.29 is 13.9 Å². The van der Waals surface area contributed by atoms with E-state index in [1.165, 1.54) is 12.1 Å². The van der Waals surface area contributed by atoms with Gasteiger partial charge < -0.3 is 9.47 Å². The molecule has 4 nitrogen and oxygen atoms in total. The van der Waals surface area contributed by atoms with Crippen LogP contribution in [0, 0.1) is 28.5 Å². The van der Waals surface area contributed by atoms with Crippen LogP contribution in [0.2, 0.25) is 0 Å². The number of hydrogen-bond acceptors (Lipinski definition) is 4. The number of nitrogens with zero attached hydrogens (tertiary/aromatic N) is 2. The molecular weight excluding hydrogens is 211 g/mol. The molecule has 0 spiro atoms. The summed E-state index contributed by atoms with van der Waals surface area (Å²) in [6.07, 6.45) is 1.16. The van der Waals surface area contributed by atoms with Crippen LogP contribution in [0.25, 0.3) is 6.08 Å². The van der Waals surface area contributed by atoms with Gasteiger partial charge in [-0.3, -0.25) is 0 Å². The van der Waals surface area contributed by atoms with Crippen molar-refractivity contribution >= 4 is 6.08 Å². The Morgan fingerprint density at radius 3 is 2.50 bits per heavy atom. The minimum absolute atomic E-state index is 0.0469. The van der Waals surface area contributed by atoms with Crippen LogP contribution in [0.3, 0.4) is 0 Å². The summed E-state index contributed by atoms with van der Waals surface area (Å²) < 4.78 is 23.5. The lowest BCUT2D eigenvalue weighted by Gasteiger charge is -1.99. The molecule has 0 atom stereocenters. The zero-order valence-corrected chi connectivity index (χ0v) is 8.03. The fourth-order valence-corrected chi connectivity index (χ4v) is 1.29. The van der Waals surface area contributed by atoms with E-state index in [1.807, 2.05) is 0 Å². The molecule has 0 aromatic heterocycles. The van der Waals surface area contributed by atoms with Crippen molar-refractivity contribution in [1.29, 1.82) is 10.5 Å². The van der Waals surface area contributed by atoms with Crippen molar-refractivity contribution in [3.63, 3.8) is 0 Å². The maximum absolute atomic E-state index is 13.5. The number of benzene rings is 1. The van der Waals surface area contributed by atoms with Crippen molar-refractivity contribution in [2.24, 2.45) is 0 Å². The van der Waals surface area contributed by atoms with Crippen molar-refractivity contribution in [2.75, 3.05) is 6.79 Å². The van der Waals surface area contributed by atoms with Crippen LogP contribution in [-0.4, -0.2) is 6.79 Å². The summed E-state index contributed by atoms with van der Waals surface area (Å²) in [5.74, 6) is 0.167. The standard InChI is InChI=1S/C11H5FN2O2/c12-9-3-11-10(15-6-16-11)2-8(9)1-7(4-13)5-14/h1-3H,6H2. The first-order chi connectivity index (χ1) is 7.74. The summed E-state index contributed by atoms with van der Waals surface area (Å²) in [6, 6.07) is 5.88. The highest BCUT2D eigenvalue weighted by atomic mass is 19.1. The maximum Gasteiger partial charge on any atom is 0.231 e. The van der Waals surface area contributed by atoms with E-state index in [2.05, 4.69) is 0 Å². The van der Waals surface area contributed by atoms with Crippen LogP contribution >= 0.6 is 0 Å². The number of rotatable bonds is 1. The first-order valence-electron chi connectivity index (χ1n) is 4.35. The molecule has 0 aliphatic carbocycles. The Balaban J connectivity index is 2.48. The highest BCUT2D eigenvalue weighted by molar-refractivity contribution is 5.65. The molecule has 0 unspecified atom stereocenters. The highest BCUT2D eigenvalue weighted by Crippen LogP contribution is 2.34. The third kappa shape index (κ3) is 1.67. The van der Waals surface area contributed by atoms with E-state index in [9.17, 15) is 4.39 Å². The van der Waals surface area contributed by atoms with Gasteiger partial charge in [0.15, 0.2) is 11.5 Å². The second kappa shape index (κ2) is 3.92. The average Bonchev–Trinajstić information content (AvgIpc) is 2.72. The second-order valence-corrected chi connectivity index (χ2v) is 3.01. The summed E-state index contributed by atoms with van der Waals surface area (Å²) in [4.78, 5) is 0. The fourth-order valence-electron chi connectivity index (χ4n) is 1.29. The fraction of sp³-hybridized carbons (Fsp3) is 0.0909. The quantitative estimate of drug-likeness (QED) is 0.673. The van der Waals surface area contributed by atoms with Crippen LogP contribution in [0.5, 0.6) is 11.5 Å². The molecule has 0 bridgehead atoms. The Morgan fingerprint density at radius 1 is 1.25 bits per heavy atom. The molecule has 1 aliphatic heterocycles. The van der Waals surface area contributed by atoms with E-state index < -0.39 is 5.82 Å². The molecule has 5 heteroatoms. The van der Waals surface area contributed by atoms with Crippen LogP contribution in [0.1, 0.15) is 5.56 Å². The lowest BCUT2D eigenvalue weighted by atomic mass is 10.1. The molecule has 1 heterocycles. The van der Waals surface area contributed by atoms with Gasteiger partial charge in [-0.2, -0.15) is 10.5 Å². The smallest absolute Gasteiger partial charge is 0.231 e. The van der Waals surface area contributed by atoms with Gasteiger partial charge in [0.2, 0.25) is 6.79 Å². The number of ether oxygens (including phenoxy) is 2. The van der Waals surface area contributed by atoms with Gasteiger partial charge in [-0.1, -0.05) is 0 Å². The van der Waals surface area contributed by atoms with Gasteiger partial charge in [0.05, 0.1) is 0 Å². The maximum atomic E-state index is 13.5. The third-order valence-electron chi connectivity index (χ3n) is 2.03. The molecule has 78 valence electrons. The first kappa shape index (κ1) is 10.0. The highest BCUT2D eigenvalue weighted by Gasteiger charge is 2.16. The Morgan fingerprint density at radius 2 is 1.88 bits per heavy atom. The normalized spacial score (nSPS) is 11.4. The molecule has 0 saturated carbocycles. The summed E-state index contributed by atoms with van der Waals surface area (Å²) in [5, 5.41) is 17.1. The molecule has 1 aromatic rings. The molecule has 0 radical (unpaired) electrons. The molecule has 0 saturated heterocycles. The lowest BCUT2D eigenvalue weighted by molar-refractivity contribution is 0.174. The van der Waals surface area contributed by atoms with Gasteiger partial charge in [-0.05, 0) is 12.1 Å².